The van der Waals surface area contributed by atoms with Crippen molar-refractivity contribution in [3.8, 4) is 11.3 Å². The average molecular weight is 338 g/mol. The number of halogens is 1. The molecule has 25 heavy (non-hydrogen) atoms. The zero-order chi connectivity index (χ0) is 18.0. The monoisotopic (exact) mass is 338 g/mol. The zero-order valence-electron chi connectivity index (χ0n) is 13.7. The smallest absolute Gasteiger partial charge is 0.272 e. The van der Waals surface area contributed by atoms with E-state index in [1.165, 1.54) is 18.3 Å². The number of aliphatic imine (C=N–C) groups is 1. The molecule has 0 unspecified atom stereocenters. The second-order valence-electron chi connectivity index (χ2n) is 5.62. The minimum absolute atomic E-state index is 0.0779. The van der Waals surface area contributed by atoms with Crippen LogP contribution in [0.3, 0.4) is 0 Å². The molecule has 2 aromatic carbocycles. The van der Waals surface area contributed by atoms with Gasteiger partial charge in [-0.25, -0.2) is 9.38 Å². The summed E-state index contributed by atoms with van der Waals surface area (Å²) in [5.74, 6) is 0.631. The van der Waals surface area contributed by atoms with E-state index < -0.39 is 10.7 Å². The van der Waals surface area contributed by atoms with Gasteiger partial charge in [0.2, 0.25) is 0 Å². The van der Waals surface area contributed by atoms with Crippen molar-refractivity contribution in [2.45, 2.75) is 13.8 Å². The molecule has 0 saturated heterocycles. The van der Waals surface area contributed by atoms with Crippen LogP contribution in [-0.2, 0) is 0 Å². The van der Waals surface area contributed by atoms with E-state index in [9.17, 15) is 14.5 Å². The van der Waals surface area contributed by atoms with E-state index in [0.29, 0.717) is 17.1 Å². The molecule has 0 bridgehead atoms. The Balaban J connectivity index is 1.91. The topological polar surface area (TPSA) is 68.6 Å². The van der Waals surface area contributed by atoms with Gasteiger partial charge in [-0.2, -0.15) is 0 Å². The molecule has 5 nitrogen and oxygen atoms in total. The van der Waals surface area contributed by atoms with Crippen molar-refractivity contribution < 1.29 is 13.7 Å². The Labute approximate surface area is 143 Å². The maximum absolute atomic E-state index is 13.6. The molecule has 0 saturated carbocycles. The average Bonchev–Trinajstić information content (AvgIpc) is 3.04. The first-order chi connectivity index (χ1) is 12.0. The van der Waals surface area contributed by atoms with E-state index in [1.54, 1.807) is 50.2 Å². The first-order valence-corrected chi connectivity index (χ1v) is 7.60. The fraction of sp³-hybridized carbons (Fsp3) is 0.105. The Bertz CT molecular complexity index is 977. The number of nitrogens with zero attached hydrogens (tertiary/aromatic N) is 2. The standard InChI is InChI=1S/C19H15FN2O3/c1-12-10-18(22(23)24)13(2)9-15(12)19-8-7-14(25-19)11-21-17-6-4-3-5-16(17)20/h3-11H,1-2H3. The number of benzene rings is 2. The van der Waals surface area contributed by atoms with Gasteiger partial charge < -0.3 is 4.42 Å². The maximum Gasteiger partial charge on any atom is 0.272 e. The normalized spacial score (nSPS) is 11.2. The molecule has 0 aliphatic carbocycles. The number of para-hydroxylation sites is 1. The molecular weight excluding hydrogens is 323 g/mol. The van der Waals surface area contributed by atoms with Gasteiger partial charge in [-0.1, -0.05) is 12.1 Å². The lowest BCUT2D eigenvalue weighted by Gasteiger charge is -2.05. The Hall–Kier alpha value is -3.28. The van der Waals surface area contributed by atoms with Crippen LogP contribution in [0.25, 0.3) is 11.3 Å². The number of furan rings is 1. The van der Waals surface area contributed by atoms with Crippen LogP contribution in [0.4, 0.5) is 15.8 Å². The van der Waals surface area contributed by atoms with Crippen LogP contribution in [0.2, 0.25) is 0 Å². The third-order valence-electron chi connectivity index (χ3n) is 3.82. The van der Waals surface area contributed by atoms with Gasteiger partial charge in [-0.15, -0.1) is 0 Å². The molecule has 0 spiro atoms. The second kappa shape index (κ2) is 6.68. The van der Waals surface area contributed by atoms with Crippen molar-refractivity contribution in [3.05, 3.63) is 81.3 Å². The van der Waals surface area contributed by atoms with E-state index in [2.05, 4.69) is 4.99 Å². The molecule has 0 aliphatic heterocycles. The highest BCUT2D eigenvalue weighted by Crippen LogP contribution is 2.31. The van der Waals surface area contributed by atoms with E-state index >= 15 is 0 Å². The van der Waals surface area contributed by atoms with Gasteiger partial charge in [0.25, 0.3) is 5.69 Å². The van der Waals surface area contributed by atoms with Gasteiger partial charge in [0.15, 0.2) is 0 Å². The zero-order valence-corrected chi connectivity index (χ0v) is 13.7. The summed E-state index contributed by atoms with van der Waals surface area (Å²) in [5.41, 5.74) is 2.37. The summed E-state index contributed by atoms with van der Waals surface area (Å²) in [6.07, 6.45) is 1.44. The molecule has 0 aliphatic rings. The molecule has 3 rings (SSSR count). The summed E-state index contributed by atoms with van der Waals surface area (Å²) in [6, 6.07) is 12.9. The van der Waals surface area contributed by atoms with Crippen LogP contribution in [0.1, 0.15) is 16.9 Å². The SMILES string of the molecule is Cc1cc([N+](=O)[O-])c(C)cc1-c1ccc(C=Nc2ccccc2F)o1. The quantitative estimate of drug-likeness (QED) is 0.365. The number of nitro benzene ring substituents is 1. The van der Waals surface area contributed by atoms with Crippen LogP contribution < -0.4 is 0 Å². The molecule has 126 valence electrons. The number of rotatable bonds is 4. The predicted octanol–water partition coefficient (Wildman–Crippen LogP) is 5.36. The Kier molecular flexibility index (Phi) is 4.43. The lowest BCUT2D eigenvalue weighted by Crippen LogP contribution is -1.94. The molecule has 1 heterocycles. The van der Waals surface area contributed by atoms with Gasteiger partial charge >= 0.3 is 0 Å². The summed E-state index contributed by atoms with van der Waals surface area (Å²) < 4.78 is 19.3. The fourth-order valence-corrected chi connectivity index (χ4v) is 2.52. The number of nitro groups is 1. The van der Waals surface area contributed by atoms with Gasteiger partial charge in [0, 0.05) is 17.2 Å². The van der Waals surface area contributed by atoms with Crippen LogP contribution in [0.15, 0.2) is 57.9 Å². The van der Waals surface area contributed by atoms with Crippen molar-refractivity contribution in [2.24, 2.45) is 4.99 Å². The van der Waals surface area contributed by atoms with Crippen LogP contribution in [-0.4, -0.2) is 11.1 Å². The van der Waals surface area contributed by atoms with Crippen LogP contribution in [0, 0.1) is 29.8 Å². The van der Waals surface area contributed by atoms with E-state index in [-0.39, 0.29) is 11.4 Å². The van der Waals surface area contributed by atoms with Crippen molar-refractivity contribution in [1.29, 1.82) is 0 Å². The molecule has 0 fully saturated rings. The summed E-state index contributed by atoms with van der Waals surface area (Å²) in [5, 5.41) is 11.0. The largest absolute Gasteiger partial charge is 0.455 e. The van der Waals surface area contributed by atoms with E-state index in [4.69, 9.17) is 4.42 Å². The number of hydrogen-bond donors (Lipinski definition) is 0. The molecule has 1 aromatic heterocycles. The lowest BCUT2D eigenvalue weighted by molar-refractivity contribution is -0.385. The highest BCUT2D eigenvalue weighted by molar-refractivity contribution is 5.80. The first-order valence-electron chi connectivity index (χ1n) is 7.60. The fourth-order valence-electron chi connectivity index (χ4n) is 2.52. The van der Waals surface area contributed by atoms with Crippen LogP contribution >= 0.6 is 0 Å². The van der Waals surface area contributed by atoms with Crippen molar-refractivity contribution >= 4 is 17.6 Å². The first kappa shape index (κ1) is 16.6. The summed E-state index contributed by atoms with van der Waals surface area (Å²) in [6.45, 7) is 3.47. The van der Waals surface area contributed by atoms with Gasteiger partial charge in [-0.3, -0.25) is 10.1 Å². The molecular formula is C19H15FN2O3. The number of hydrogen-bond acceptors (Lipinski definition) is 4. The van der Waals surface area contributed by atoms with Crippen molar-refractivity contribution in [2.75, 3.05) is 0 Å². The Morgan fingerprint density at radius 1 is 1.12 bits per heavy atom. The third-order valence-corrected chi connectivity index (χ3v) is 3.82. The molecule has 3 aromatic rings. The summed E-state index contributed by atoms with van der Waals surface area (Å²) >= 11 is 0. The molecule has 0 radical (unpaired) electrons. The minimum atomic E-state index is -0.410. The predicted molar refractivity (Wildman–Crippen MR) is 93.9 cm³/mol. The molecule has 0 N–H and O–H groups in total. The highest BCUT2D eigenvalue weighted by Gasteiger charge is 2.16. The Morgan fingerprint density at radius 2 is 1.88 bits per heavy atom. The van der Waals surface area contributed by atoms with Gasteiger partial charge in [0.05, 0.1) is 16.8 Å². The Morgan fingerprint density at radius 3 is 2.60 bits per heavy atom. The van der Waals surface area contributed by atoms with Crippen molar-refractivity contribution in [1.82, 2.24) is 0 Å². The maximum atomic E-state index is 13.6. The highest BCUT2D eigenvalue weighted by atomic mass is 19.1. The molecule has 0 atom stereocenters. The summed E-state index contributed by atoms with van der Waals surface area (Å²) in [4.78, 5) is 14.7. The number of aryl methyl sites for hydroxylation is 2. The second-order valence-corrected chi connectivity index (χ2v) is 5.62. The van der Waals surface area contributed by atoms with Gasteiger partial charge in [0.1, 0.15) is 17.3 Å². The third kappa shape index (κ3) is 3.47. The minimum Gasteiger partial charge on any atom is -0.455 e. The van der Waals surface area contributed by atoms with Crippen LogP contribution in [0.5, 0.6) is 0 Å². The molecule has 6 heteroatoms. The molecule has 0 amide bonds. The van der Waals surface area contributed by atoms with Gasteiger partial charge in [-0.05, 0) is 49.7 Å². The van der Waals surface area contributed by atoms with E-state index in [0.717, 1.165) is 11.1 Å². The lowest BCUT2D eigenvalue weighted by atomic mass is 10.0. The summed E-state index contributed by atoms with van der Waals surface area (Å²) in [7, 11) is 0. The van der Waals surface area contributed by atoms with Crippen molar-refractivity contribution in [3.63, 3.8) is 0 Å². The van der Waals surface area contributed by atoms with E-state index in [1.807, 2.05) is 0 Å².